The van der Waals surface area contributed by atoms with Crippen LogP contribution < -0.4 is 0 Å². The molecule has 4 rings (SSSR count). The van der Waals surface area contributed by atoms with Gasteiger partial charge in [-0.1, -0.05) is 23.7 Å². The number of ether oxygens (including phenoxy) is 1. The van der Waals surface area contributed by atoms with Crippen molar-refractivity contribution in [3.05, 3.63) is 60.1 Å². The Bertz CT molecular complexity index is 875. The van der Waals surface area contributed by atoms with Crippen molar-refractivity contribution in [1.82, 2.24) is 19.4 Å². The van der Waals surface area contributed by atoms with Crippen molar-refractivity contribution >= 4 is 11.6 Å². The van der Waals surface area contributed by atoms with E-state index in [9.17, 15) is 0 Å². The highest BCUT2D eigenvalue weighted by Gasteiger charge is 2.16. The van der Waals surface area contributed by atoms with Crippen molar-refractivity contribution in [1.29, 1.82) is 0 Å². The maximum Gasteiger partial charge on any atom is 0.0963 e. The van der Waals surface area contributed by atoms with Gasteiger partial charge in [-0.05, 0) is 30.7 Å². The molecule has 0 bridgehead atoms. The smallest absolute Gasteiger partial charge is 0.0963 e. The molecule has 1 fully saturated rings. The monoisotopic (exact) mass is 382 g/mol. The summed E-state index contributed by atoms with van der Waals surface area (Å²) in [6.45, 7) is 5.72. The van der Waals surface area contributed by atoms with Gasteiger partial charge >= 0.3 is 0 Å². The lowest BCUT2D eigenvalue weighted by atomic mass is 10.1. The van der Waals surface area contributed by atoms with Gasteiger partial charge in [0.05, 0.1) is 30.9 Å². The van der Waals surface area contributed by atoms with Crippen molar-refractivity contribution in [3.63, 3.8) is 0 Å². The second-order valence-electron chi connectivity index (χ2n) is 6.69. The van der Waals surface area contributed by atoms with E-state index in [1.807, 2.05) is 49.1 Å². The Hall–Kier alpha value is -2.21. The number of pyridine rings is 1. The van der Waals surface area contributed by atoms with E-state index in [-0.39, 0.29) is 0 Å². The van der Waals surface area contributed by atoms with Crippen LogP contribution in [0.5, 0.6) is 0 Å². The number of halogens is 1. The average molecular weight is 383 g/mol. The molecule has 1 aliphatic heterocycles. The molecular weight excluding hydrogens is 360 g/mol. The number of aryl methyl sites for hydroxylation is 1. The molecule has 0 aliphatic carbocycles. The summed E-state index contributed by atoms with van der Waals surface area (Å²) in [4.78, 5) is 11.3. The number of hydrogen-bond acceptors (Lipinski definition) is 4. The lowest BCUT2D eigenvalue weighted by molar-refractivity contribution is 0.0369. The molecular formula is C21H23ClN4O. The summed E-state index contributed by atoms with van der Waals surface area (Å²) >= 11 is 6.21. The van der Waals surface area contributed by atoms with Crippen molar-refractivity contribution in [3.8, 4) is 22.5 Å². The van der Waals surface area contributed by atoms with Gasteiger partial charge in [-0.3, -0.25) is 9.88 Å². The third-order valence-corrected chi connectivity index (χ3v) is 5.10. The number of aromatic nitrogens is 3. The quantitative estimate of drug-likeness (QED) is 0.646. The molecule has 1 aliphatic rings. The Balaban J connectivity index is 1.59. The molecule has 0 unspecified atom stereocenters. The topological polar surface area (TPSA) is 43.2 Å². The van der Waals surface area contributed by atoms with Gasteiger partial charge in [0, 0.05) is 54.7 Å². The Morgan fingerprint density at radius 3 is 2.59 bits per heavy atom. The van der Waals surface area contributed by atoms with E-state index in [1.165, 1.54) is 0 Å². The van der Waals surface area contributed by atoms with Crippen LogP contribution >= 0.6 is 11.6 Å². The van der Waals surface area contributed by atoms with Gasteiger partial charge in [-0.15, -0.1) is 0 Å². The molecule has 0 spiro atoms. The number of morpholine rings is 1. The van der Waals surface area contributed by atoms with E-state index in [1.54, 1.807) is 0 Å². The Morgan fingerprint density at radius 2 is 1.81 bits per heavy atom. The average Bonchev–Trinajstić information content (AvgIpc) is 3.13. The highest BCUT2D eigenvalue weighted by Crippen LogP contribution is 2.32. The first-order valence-electron chi connectivity index (χ1n) is 9.33. The third-order valence-electron chi connectivity index (χ3n) is 4.87. The SMILES string of the molecule is Clc1cccc(-c2ncn(CCCN3CCOCC3)c2-c2ccncc2)c1. The summed E-state index contributed by atoms with van der Waals surface area (Å²) in [7, 11) is 0. The van der Waals surface area contributed by atoms with E-state index < -0.39 is 0 Å². The van der Waals surface area contributed by atoms with E-state index in [0.717, 1.165) is 73.4 Å². The van der Waals surface area contributed by atoms with Crippen LogP contribution in [0.15, 0.2) is 55.1 Å². The molecule has 5 nitrogen and oxygen atoms in total. The van der Waals surface area contributed by atoms with Crippen molar-refractivity contribution in [2.45, 2.75) is 13.0 Å². The maximum atomic E-state index is 6.21. The van der Waals surface area contributed by atoms with Crippen LogP contribution in [0.4, 0.5) is 0 Å². The summed E-state index contributed by atoms with van der Waals surface area (Å²) in [5.41, 5.74) is 4.21. The third kappa shape index (κ3) is 4.38. The van der Waals surface area contributed by atoms with Crippen molar-refractivity contribution in [2.75, 3.05) is 32.8 Å². The minimum Gasteiger partial charge on any atom is -0.379 e. The molecule has 0 amide bonds. The van der Waals surface area contributed by atoms with Gasteiger partial charge in [0.1, 0.15) is 0 Å². The lowest BCUT2D eigenvalue weighted by Gasteiger charge is -2.26. The van der Waals surface area contributed by atoms with Crippen LogP contribution in [0, 0.1) is 0 Å². The Kier molecular flexibility index (Phi) is 5.82. The molecule has 0 N–H and O–H groups in total. The van der Waals surface area contributed by atoms with Gasteiger partial charge in [0.15, 0.2) is 0 Å². The number of nitrogens with zero attached hydrogens (tertiary/aromatic N) is 4. The summed E-state index contributed by atoms with van der Waals surface area (Å²) in [5.74, 6) is 0. The van der Waals surface area contributed by atoms with Crippen molar-refractivity contribution < 1.29 is 4.74 Å². The number of hydrogen-bond donors (Lipinski definition) is 0. The second kappa shape index (κ2) is 8.65. The maximum absolute atomic E-state index is 6.21. The van der Waals surface area contributed by atoms with Crippen LogP contribution in [0.1, 0.15) is 6.42 Å². The number of imidazole rings is 1. The first kappa shape index (κ1) is 18.2. The van der Waals surface area contributed by atoms with E-state index in [4.69, 9.17) is 21.3 Å². The fourth-order valence-corrected chi connectivity index (χ4v) is 3.69. The van der Waals surface area contributed by atoms with Gasteiger partial charge in [0.2, 0.25) is 0 Å². The van der Waals surface area contributed by atoms with Crippen LogP contribution in [-0.2, 0) is 11.3 Å². The molecule has 2 aromatic heterocycles. The predicted octanol–water partition coefficient (Wildman–Crippen LogP) is 3.99. The van der Waals surface area contributed by atoms with E-state index in [2.05, 4.69) is 20.5 Å². The molecule has 0 saturated carbocycles. The summed E-state index contributed by atoms with van der Waals surface area (Å²) < 4.78 is 7.67. The van der Waals surface area contributed by atoms with Gasteiger partial charge < -0.3 is 9.30 Å². The molecule has 1 saturated heterocycles. The first-order valence-corrected chi connectivity index (χ1v) is 9.70. The lowest BCUT2D eigenvalue weighted by Crippen LogP contribution is -2.37. The number of benzene rings is 1. The highest BCUT2D eigenvalue weighted by molar-refractivity contribution is 6.30. The summed E-state index contributed by atoms with van der Waals surface area (Å²) in [6.07, 6.45) is 6.65. The van der Waals surface area contributed by atoms with E-state index >= 15 is 0 Å². The zero-order valence-electron chi connectivity index (χ0n) is 15.2. The molecule has 0 atom stereocenters. The highest BCUT2D eigenvalue weighted by atomic mass is 35.5. The van der Waals surface area contributed by atoms with Gasteiger partial charge in [0.25, 0.3) is 0 Å². The molecule has 1 aromatic carbocycles. The van der Waals surface area contributed by atoms with Gasteiger partial charge in [-0.25, -0.2) is 4.98 Å². The van der Waals surface area contributed by atoms with E-state index in [0.29, 0.717) is 0 Å². The standard InChI is InChI=1S/C21H23ClN4O/c22-19-4-1-3-18(15-19)20-21(17-5-7-23-8-6-17)26(16-24-20)10-2-9-25-11-13-27-14-12-25/h1,3-8,15-16H,2,9-14H2. The predicted molar refractivity (Wildman–Crippen MR) is 108 cm³/mol. The first-order chi connectivity index (χ1) is 13.3. The molecule has 3 aromatic rings. The zero-order valence-corrected chi connectivity index (χ0v) is 16.0. The van der Waals surface area contributed by atoms with Crippen LogP contribution in [0.2, 0.25) is 5.02 Å². The Morgan fingerprint density at radius 1 is 1.00 bits per heavy atom. The fraction of sp³-hybridized carbons (Fsp3) is 0.333. The second-order valence-corrected chi connectivity index (χ2v) is 7.13. The normalized spacial score (nSPS) is 15.1. The van der Waals surface area contributed by atoms with Crippen LogP contribution in [0.3, 0.4) is 0 Å². The fourth-order valence-electron chi connectivity index (χ4n) is 3.50. The van der Waals surface area contributed by atoms with Crippen LogP contribution in [-0.4, -0.2) is 52.3 Å². The van der Waals surface area contributed by atoms with Crippen LogP contribution in [0.25, 0.3) is 22.5 Å². The minimum absolute atomic E-state index is 0.718. The summed E-state index contributed by atoms with van der Waals surface area (Å²) in [6, 6.07) is 11.9. The molecule has 140 valence electrons. The van der Waals surface area contributed by atoms with Gasteiger partial charge in [-0.2, -0.15) is 0 Å². The summed E-state index contributed by atoms with van der Waals surface area (Å²) in [5, 5.41) is 0.718. The minimum atomic E-state index is 0.718. The molecule has 0 radical (unpaired) electrons. The number of rotatable bonds is 6. The molecule has 6 heteroatoms. The molecule has 3 heterocycles. The molecule has 27 heavy (non-hydrogen) atoms. The van der Waals surface area contributed by atoms with Crippen molar-refractivity contribution in [2.24, 2.45) is 0 Å². The zero-order chi connectivity index (χ0) is 18.5. The largest absolute Gasteiger partial charge is 0.379 e. The Labute approximate surface area is 164 Å².